The fourth-order valence-corrected chi connectivity index (χ4v) is 2.79. The molecule has 124 valence electrons. The molecular weight excluding hydrogens is 305 g/mol. The normalized spacial score (nSPS) is 17.5. The van der Waals surface area contributed by atoms with Gasteiger partial charge in [-0.05, 0) is 29.8 Å². The number of alkyl halides is 3. The zero-order valence-electron chi connectivity index (χ0n) is 12.7. The lowest BCUT2D eigenvalue weighted by Crippen LogP contribution is -2.45. The van der Waals surface area contributed by atoms with Crippen molar-refractivity contribution >= 4 is 0 Å². The summed E-state index contributed by atoms with van der Waals surface area (Å²) in [5.41, 5.74) is 0.321. The summed E-state index contributed by atoms with van der Waals surface area (Å²) in [6.07, 6.45) is -2.59. The Kier molecular flexibility index (Phi) is 4.73. The molecule has 1 aromatic heterocycles. The Labute approximate surface area is 133 Å². The quantitative estimate of drug-likeness (QED) is 0.856. The van der Waals surface area contributed by atoms with Gasteiger partial charge >= 0.3 is 6.18 Å². The fraction of sp³-hybridized carbons (Fsp3) is 0.412. The number of hydrogen-bond acceptors (Lipinski definition) is 3. The second-order valence-corrected chi connectivity index (χ2v) is 5.83. The molecule has 0 unspecified atom stereocenters. The van der Waals surface area contributed by atoms with E-state index in [-0.39, 0.29) is 0 Å². The van der Waals surface area contributed by atoms with Crippen LogP contribution in [0.15, 0.2) is 47.1 Å². The Balaban J connectivity index is 1.48. The van der Waals surface area contributed by atoms with Crippen molar-refractivity contribution < 1.29 is 17.6 Å². The highest BCUT2D eigenvalue weighted by Gasteiger charge is 2.30. The Morgan fingerprint density at radius 2 is 1.48 bits per heavy atom. The highest BCUT2D eigenvalue weighted by Crippen LogP contribution is 2.29. The molecule has 0 aliphatic carbocycles. The molecule has 0 saturated carbocycles. The number of rotatable bonds is 4. The standard InChI is InChI=1S/C17H19F3N2O/c18-17(19,20)15-5-3-14(4-6-15)12-21-7-9-22(10-8-21)13-16-2-1-11-23-16/h1-6,11H,7-10,12-13H2. The zero-order chi connectivity index (χ0) is 16.3. The monoisotopic (exact) mass is 324 g/mol. The van der Waals surface area contributed by atoms with Crippen LogP contribution in [0.3, 0.4) is 0 Å². The molecule has 0 atom stereocenters. The summed E-state index contributed by atoms with van der Waals surface area (Å²) >= 11 is 0. The number of hydrogen-bond donors (Lipinski definition) is 0. The number of nitrogens with zero attached hydrogens (tertiary/aromatic N) is 2. The summed E-state index contributed by atoms with van der Waals surface area (Å²) in [6, 6.07) is 9.30. The van der Waals surface area contributed by atoms with E-state index in [0.717, 1.165) is 56.2 Å². The Bertz CT molecular complexity index is 600. The van der Waals surface area contributed by atoms with E-state index in [1.54, 1.807) is 18.4 Å². The van der Waals surface area contributed by atoms with Crippen molar-refractivity contribution in [1.29, 1.82) is 0 Å². The van der Waals surface area contributed by atoms with E-state index in [4.69, 9.17) is 4.42 Å². The number of furan rings is 1. The molecule has 1 aliphatic rings. The largest absolute Gasteiger partial charge is 0.468 e. The first-order chi connectivity index (χ1) is 11.0. The molecule has 2 aromatic rings. The van der Waals surface area contributed by atoms with Crippen LogP contribution in [-0.4, -0.2) is 36.0 Å². The predicted molar refractivity (Wildman–Crippen MR) is 80.7 cm³/mol. The van der Waals surface area contributed by atoms with Gasteiger partial charge in [-0.3, -0.25) is 9.80 Å². The van der Waals surface area contributed by atoms with Gasteiger partial charge in [-0.15, -0.1) is 0 Å². The van der Waals surface area contributed by atoms with Gasteiger partial charge in [0.1, 0.15) is 5.76 Å². The lowest BCUT2D eigenvalue weighted by molar-refractivity contribution is -0.137. The van der Waals surface area contributed by atoms with Gasteiger partial charge in [0.05, 0.1) is 18.4 Å². The highest BCUT2D eigenvalue weighted by atomic mass is 19.4. The number of benzene rings is 1. The van der Waals surface area contributed by atoms with Crippen molar-refractivity contribution in [2.24, 2.45) is 0 Å². The molecule has 3 rings (SSSR count). The van der Waals surface area contributed by atoms with Crippen LogP contribution in [0.1, 0.15) is 16.9 Å². The molecule has 2 heterocycles. The van der Waals surface area contributed by atoms with Gasteiger partial charge in [0.25, 0.3) is 0 Å². The first-order valence-corrected chi connectivity index (χ1v) is 7.64. The van der Waals surface area contributed by atoms with E-state index < -0.39 is 11.7 Å². The minimum atomic E-state index is -4.27. The maximum atomic E-state index is 12.6. The average molecular weight is 324 g/mol. The van der Waals surface area contributed by atoms with Gasteiger partial charge in [-0.1, -0.05) is 12.1 Å². The second kappa shape index (κ2) is 6.76. The third-order valence-electron chi connectivity index (χ3n) is 4.11. The van der Waals surface area contributed by atoms with Crippen LogP contribution < -0.4 is 0 Å². The van der Waals surface area contributed by atoms with Crippen LogP contribution in [0, 0.1) is 0 Å². The summed E-state index contributed by atoms with van der Waals surface area (Å²) in [4.78, 5) is 4.59. The van der Waals surface area contributed by atoms with Crippen LogP contribution in [0.5, 0.6) is 0 Å². The topological polar surface area (TPSA) is 19.6 Å². The number of halogens is 3. The number of piperazine rings is 1. The van der Waals surface area contributed by atoms with Crippen molar-refractivity contribution in [3.05, 3.63) is 59.5 Å². The van der Waals surface area contributed by atoms with E-state index in [9.17, 15) is 13.2 Å². The van der Waals surface area contributed by atoms with Crippen LogP contribution in [0.4, 0.5) is 13.2 Å². The van der Waals surface area contributed by atoms with Crippen molar-refractivity contribution in [1.82, 2.24) is 9.80 Å². The molecule has 1 saturated heterocycles. The predicted octanol–water partition coefficient (Wildman–Crippen LogP) is 3.62. The summed E-state index contributed by atoms with van der Waals surface area (Å²) in [5, 5.41) is 0. The van der Waals surface area contributed by atoms with E-state index in [0.29, 0.717) is 6.54 Å². The average Bonchev–Trinajstić information content (AvgIpc) is 3.02. The first-order valence-electron chi connectivity index (χ1n) is 7.64. The van der Waals surface area contributed by atoms with Crippen LogP contribution >= 0.6 is 0 Å². The Morgan fingerprint density at radius 3 is 2.00 bits per heavy atom. The van der Waals surface area contributed by atoms with E-state index >= 15 is 0 Å². The molecule has 0 amide bonds. The summed E-state index contributed by atoms with van der Waals surface area (Å²) in [7, 11) is 0. The molecule has 1 aromatic carbocycles. The van der Waals surface area contributed by atoms with Crippen molar-refractivity contribution in [3.8, 4) is 0 Å². The van der Waals surface area contributed by atoms with Gasteiger partial charge < -0.3 is 4.42 Å². The minimum absolute atomic E-state index is 0.593. The first kappa shape index (κ1) is 16.1. The van der Waals surface area contributed by atoms with Gasteiger partial charge in [-0.2, -0.15) is 13.2 Å². The lowest BCUT2D eigenvalue weighted by atomic mass is 10.1. The van der Waals surface area contributed by atoms with Crippen molar-refractivity contribution in [3.63, 3.8) is 0 Å². The molecule has 6 heteroatoms. The van der Waals surface area contributed by atoms with Gasteiger partial charge in [0.15, 0.2) is 0 Å². The molecule has 0 N–H and O–H groups in total. The maximum Gasteiger partial charge on any atom is 0.416 e. The molecule has 0 spiro atoms. The van der Waals surface area contributed by atoms with E-state index in [1.165, 1.54) is 0 Å². The molecule has 0 bridgehead atoms. The van der Waals surface area contributed by atoms with Gasteiger partial charge in [-0.25, -0.2) is 0 Å². The van der Waals surface area contributed by atoms with Gasteiger partial charge in [0.2, 0.25) is 0 Å². The van der Waals surface area contributed by atoms with Crippen molar-refractivity contribution in [2.45, 2.75) is 19.3 Å². The zero-order valence-corrected chi connectivity index (χ0v) is 12.7. The lowest BCUT2D eigenvalue weighted by Gasteiger charge is -2.34. The Hall–Kier alpha value is -1.79. The maximum absolute atomic E-state index is 12.6. The third-order valence-corrected chi connectivity index (χ3v) is 4.11. The highest BCUT2D eigenvalue weighted by molar-refractivity contribution is 5.24. The third kappa shape index (κ3) is 4.36. The minimum Gasteiger partial charge on any atom is -0.468 e. The van der Waals surface area contributed by atoms with Crippen LogP contribution in [0.25, 0.3) is 0 Å². The smallest absolute Gasteiger partial charge is 0.416 e. The molecular formula is C17H19F3N2O. The second-order valence-electron chi connectivity index (χ2n) is 5.83. The molecule has 23 heavy (non-hydrogen) atoms. The Morgan fingerprint density at radius 1 is 0.870 bits per heavy atom. The summed E-state index contributed by atoms with van der Waals surface area (Å²) in [5.74, 6) is 0.959. The van der Waals surface area contributed by atoms with Crippen molar-refractivity contribution in [2.75, 3.05) is 26.2 Å². The molecule has 1 aliphatic heterocycles. The molecule has 1 fully saturated rings. The SMILES string of the molecule is FC(F)(F)c1ccc(CN2CCN(Cc3ccco3)CC2)cc1. The summed E-state index contributed by atoms with van der Waals surface area (Å²) in [6.45, 7) is 5.17. The van der Waals surface area contributed by atoms with E-state index in [1.807, 2.05) is 12.1 Å². The molecule has 3 nitrogen and oxygen atoms in total. The summed E-state index contributed by atoms with van der Waals surface area (Å²) < 4.78 is 43.0. The van der Waals surface area contributed by atoms with Crippen LogP contribution in [-0.2, 0) is 19.3 Å². The van der Waals surface area contributed by atoms with Gasteiger partial charge in [0, 0.05) is 32.7 Å². The van der Waals surface area contributed by atoms with Crippen LogP contribution in [0.2, 0.25) is 0 Å². The van der Waals surface area contributed by atoms with E-state index in [2.05, 4.69) is 9.80 Å². The molecule has 0 radical (unpaired) electrons. The fourth-order valence-electron chi connectivity index (χ4n) is 2.79.